The molecular formula is C16H15F6NO4S. The molecule has 0 aliphatic carbocycles. The average Bonchev–Trinajstić information content (AvgIpc) is 2.87. The molecule has 3 atom stereocenters. The second-order valence-corrected chi connectivity index (χ2v) is 8.52. The lowest BCUT2D eigenvalue weighted by atomic mass is 9.77. The number of Topliss-reactive ketones (excluding diaryl/α,β-unsaturated/α-hetero) is 1. The minimum atomic E-state index is -5.87. The summed E-state index contributed by atoms with van der Waals surface area (Å²) in [6.45, 7) is 0. The molecule has 12 heteroatoms. The van der Waals surface area contributed by atoms with Crippen LogP contribution in [0.1, 0.15) is 37.2 Å². The molecule has 1 aromatic carbocycles. The topological polar surface area (TPSA) is 72.5 Å². The Hall–Kier alpha value is -1.82. The number of hydrogen-bond donors (Lipinski definition) is 1. The van der Waals surface area contributed by atoms with Crippen molar-refractivity contribution in [2.45, 2.75) is 54.9 Å². The molecule has 5 nitrogen and oxygen atoms in total. The van der Waals surface area contributed by atoms with Gasteiger partial charge in [-0.2, -0.15) is 34.8 Å². The number of halogens is 6. The van der Waals surface area contributed by atoms with E-state index in [1.807, 2.05) is 0 Å². The van der Waals surface area contributed by atoms with Crippen molar-refractivity contribution in [1.29, 1.82) is 0 Å². The normalized spacial score (nSPS) is 28.2. The first-order valence-electron chi connectivity index (χ1n) is 8.24. The van der Waals surface area contributed by atoms with Gasteiger partial charge in [-0.05, 0) is 49.3 Å². The minimum Gasteiger partial charge on any atom is -0.376 e. The highest BCUT2D eigenvalue weighted by Gasteiger charge is 2.58. The van der Waals surface area contributed by atoms with Crippen LogP contribution in [-0.4, -0.2) is 37.5 Å². The van der Waals surface area contributed by atoms with Crippen LogP contribution in [-0.2, 0) is 14.9 Å². The number of alkyl halides is 6. The molecule has 2 aliphatic heterocycles. The van der Waals surface area contributed by atoms with E-state index in [0.29, 0.717) is 18.4 Å². The summed E-state index contributed by atoms with van der Waals surface area (Å²) >= 11 is 0. The van der Waals surface area contributed by atoms with E-state index in [2.05, 4.69) is 9.50 Å². The van der Waals surface area contributed by atoms with Gasteiger partial charge in [-0.15, -0.1) is 0 Å². The monoisotopic (exact) mass is 431 g/mol. The van der Waals surface area contributed by atoms with Crippen LogP contribution in [0.25, 0.3) is 0 Å². The zero-order valence-corrected chi connectivity index (χ0v) is 14.9. The summed E-state index contributed by atoms with van der Waals surface area (Å²) in [5.74, 6) is -3.05. The molecule has 0 saturated carbocycles. The summed E-state index contributed by atoms with van der Waals surface area (Å²) in [6.07, 6.45) is -4.49. The van der Waals surface area contributed by atoms with E-state index in [4.69, 9.17) is 0 Å². The summed E-state index contributed by atoms with van der Waals surface area (Å²) in [5, 5.41) is 2.74. The Bertz CT molecular complexity index is 882. The van der Waals surface area contributed by atoms with Crippen molar-refractivity contribution in [2.75, 3.05) is 0 Å². The lowest BCUT2D eigenvalue weighted by Crippen LogP contribution is -2.58. The van der Waals surface area contributed by atoms with Crippen molar-refractivity contribution in [2.24, 2.45) is 0 Å². The van der Waals surface area contributed by atoms with E-state index in [1.54, 1.807) is 0 Å². The molecule has 2 heterocycles. The molecule has 3 rings (SSSR count). The number of fused-ring (bicyclic) bond motifs is 2. The second kappa shape index (κ2) is 6.61. The highest BCUT2D eigenvalue weighted by atomic mass is 32.2. The van der Waals surface area contributed by atoms with Crippen LogP contribution in [0.2, 0.25) is 0 Å². The fourth-order valence-corrected chi connectivity index (χ4v) is 4.38. The summed E-state index contributed by atoms with van der Waals surface area (Å²) in [6, 6.07) is 4.39. The van der Waals surface area contributed by atoms with E-state index in [0.717, 1.165) is 12.1 Å². The lowest BCUT2D eigenvalue weighted by molar-refractivity contribution is -0.179. The molecule has 1 N–H and O–H groups in total. The molecule has 2 bridgehead atoms. The number of rotatable bonds is 4. The van der Waals surface area contributed by atoms with Gasteiger partial charge in [0.15, 0.2) is 0 Å². The number of nitrogens with one attached hydrogen (secondary N) is 1. The number of hydrogen-bond acceptors (Lipinski definition) is 5. The third-order valence-electron chi connectivity index (χ3n) is 5.07. The Morgan fingerprint density at radius 2 is 1.86 bits per heavy atom. The Morgan fingerprint density at radius 3 is 2.46 bits per heavy atom. The van der Waals surface area contributed by atoms with Crippen LogP contribution in [0, 0.1) is 0 Å². The van der Waals surface area contributed by atoms with Gasteiger partial charge in [-0.3, -0.25) is 4.79 Å². The van der Waals surface area contributed by atoms with E-state index in [-0.39, 0.29) is 18.9 Å². The van der Waals surface area contributed by atoms with E-state index in [1.165, 1.54) is 12.1 Å². The highest BCUT2D eigenvalue weighted by molar-refractivity contribution is 7.88. The molecule has 2 unspecified atom stereocenters. The van der Waals surface area contributed by atoms with Gasteiger partial charge in [0.1, 0.15) is 5.75 Å². The van der Waals surface area contributed by atoms with Gasteiger partial charge in [0.25, 0.3) is 5.78 Å². The van der Waals surface area contributed by atoms with E-state index >= 15 is 0 Å². The standard InChI is InChI=1S/C16H15F6NO4S/c17-15(18,19)13(24)14-5-4-11(23-14)6-10(8-14)9-2-1-3-12(7-9)27-28(25,26)16(20,21)22/h1-3,7,10-11,23H,4-6,8H2/t10?,11?,14-/m0/s1. The molecule has 2 fully saturated rings. The SMILES string of the molecule is O=C(C(F)(F)F)[C@]12CCC(CC(c3cccc(OS(=O)(=O)C(F)(F)F)c3)C1)N2. The second-order valence-electron chi connectivity index (χ2n) is 6.98. The zero-order valence-electron chi connectivity index (χ0n) is 14.1. The van der Waals surface area contributed by atoms with Gasteiger partial charge in [0.2, 0.25) is 0 Å². The predicted octanol–water partition coefficient (Wildman–Crippen LogP) is 3.41. The third kappa shape index (κ3) is 3.84. The van der Waals surface area contributed by atoms with Gasteiger partial charge < -0.3 is 9.50 Å². The van der Waals surface area contributed by atoms with Crippen LogP contribution < -0.4 is 9.50 Å². The van der Waals surface area contributed by atoms with Crippen molar-refractivity contribution in [3.8, 4) is 5.75 Å². The fraction of sp³-hybridized carbons (Fsp3) is 0.562. The van der Waals surface area contributed by atoms with Crippen molar-refractivity contribution in [3.05, 3.63) is 29.8 Å². The Morgan fingerprint density at radius 1 is 1.18 bits per heavy atom. The van der Waals surface area contributed by atoms with Crippen LogP contribution >= 0.6 is 0 Å². The summed E-state index contributed by atoms with van der Waals surface area (Å²) < 4.78 is 103. The molecule has 0 radical (unpaired) electrons. The van der Waals surface area contributed by atoms with Crippen LogP contribution in [0.5, 0.6) is 5.75 Å². The minimum absolute atomic E-state index is 0.00511. The Labute approximate surface area is 156 Å². The van der Waals surface area contributed by atoms with E-state index < -0.39 is 44.8 Å². The molecule has 0 aromatic heterocycles. The highest BCUT2D eigenvalue weighted by Crippen LogP contribution is 2.46. The largest absolute Gasteiger partial charge is 0.534 e. The molecular weight excluding hydrogens is 416 g/mol. The zero-order chi connectivity index (χ0) is 21.0. The number of ketones is 1. The molecule has 1 aromatic rings. The van der Waals surface area contributed by atoms with Crippen molar-refractivity contribution >= 4 is 15.9 Å². The first kappa shape index (κ1) is 20.9. The maximum Gasteiger partial charge on any atom is 0.534 e. The van der Waals surface area contributed by atoms with Gasteiger partial charge >= 0.3 is 21.8 Å². The summed E-state index contributed by atoms with van der Waals surface area (Å²) in [7, 11) is -5.87. The van der Waals surface area contributed by atoms with Crippen molar-refractivity contribution < 1.29 is 43.7 Å². The quantitative estimate of drug-likeness (QED) is 0.450. The summed E-state index contributed by atoms with van der Waals surface area (Å²) in [5.41, 5.74) is -7.08. The van der Waals surface area contributed by atoms with Gasteiger partial charge in [0, 0.05) is 6.04 Å². The average molecular weight is 431 g/mol. The smallest absolute Gasteiger partial charge is 0.376 e. The Balaban J connectivity index is 1.86. The molecule has 156 valence electrons. The number of carbonyl (C=O) groups excluding carboxylic acids is 1. The third-order valence-corrected chi connectivity index (χ3v) is 6.05. The maximum atomic E-state index is 13.0. The number of benzene rings is 1. The predicted molar refractivity (Wildman–Crippen MR) is 84.0 cm³/mol. The number of carbonyl (C=O) groups is 1. The summed E-state index contributed by atoms with van der Waals surface area (Å²) in [4.78, 5) is 11.9. The molecule has 0 spiro atoms. The Kier molecular flexibility index (Phi) is 4.94. The first-order valence-corrected chi connectivity index (χ1v) is 9.64. The molecule has 2 saturated heterocycles. The van der Waals surface area contributed by atoms with Gasteiger partial charge in [-0.25, -0.2) is 0 Å². The van der Waals surface area contributed by atoms with Crippen molar-refractivity contribution in [3.63, 3.8) is 0 Å². The number of piperidine rings is 1. The van der Waals surface area contributed by atoms with Crippen LogP contribution in [0.4, 0.5) is 26.3 Å². The molecule has 0 amide bonds. The van der Waals surface area contributed by atoms with Crippen molar-refractivity contribution in [1.82, 2.24) is 5.32 Å². The van der Waals surface area contributed by atoms with E-state index in [9.17, 15) is 39.6 Å². The van der Waals surface area contributed by atoms with Gasteiger partial charge in [-0.1, -0.05) is 12.1 Å². The van der Waals surface area contributed by atoms with Crippen LogP contribution in [0.3, 0.4) is 0 Å². The first-order chi connectivity index (χ1) is 12.7. The maximum absolute atomic E-state index is 13.0. The van der Waals surface area contributed by atoms with Crippen LogP contribution in [0.15, 0.2) is 24.3 Å². The molecule has 2 aliphatic rings. The molecule has 28 heavy (non-hydrogen) atoms. The lowest BCUT2D eigenvalue weighted by Gasteiger charge is -2.38. The van der Waals surface area contributed by atoms with Gasteiger partial charge in [0.05, 0.1) is 5.54 Å². The fourth-order valence-electron chi connectivity index (χ4n) is 3.93.